The minimum Gasteiger partial charge on any atom is -0.211 e. The third-order valence-corrected chi connectivity index (χ3v) is 6.48. The average molecular weight is 419 g/mol. The Morgan fingerprint density at radius 1 is 1.50 bits per heavy atom. The Morgan fingerprint density at radius 3 is 2.61 bits per heavy atom. The fourth-order valence-electron chi connectivity index (χ4n) is 1.61. The highest BCUT2D eigenvalue weighted by Gasteiger charge is 2.20. The lowest BCUT2D eigenvalue weighted by atomic mass is 10.0. The highest BCUT2D eigenvalue weighted by Crippen LogP contribution is 2.29. The summed E-state index contributed by atoms with van der Waals surface area (Å²) >= 11 is 8.14. The molecular formula is C11H17Br2NO2S2. The largest absolute Gasteiger partial charge is 0.241 e. The molecule has 0 fully saturated rings. The van der Waals surface area contributed by atoms with Gasteiger partial charge in [-0.15, -0.1) is 11.3 Å². The molecule has 0 bridgehead atoms. The summed E-state index contributed by atoms with van der Waals surface area (Å²) in [6.45, 7) is 4.39. The first-order chi connectivity index (χ1) is 8.40. The summed E-state index contributed by atoms with van der Waals surface area (Å²) in [6.07, 6.45) is 1.95. The van der Waals surface area contributed by atoms with Crippen molar-refractivity contribution >= 4 is 53.2 Å². The van der Waals surface area contributed by atoms with Crippen LogP contribution in [0.15, 0.2) is 14.7 Å². The highest BCUT2D eigenvalue weighted by atomic mass is 79.9. The van der Waals surface area contributed by atoms with Crippen LogP contribution in [0.2, 0.25) is 0 Å². The van der Waals surface area contributed by atoms with Crippen LogP contribution >= 0.6 is 43.2 Å². The van der Waals surface area contributed by atoms with Gasteiger partial charge in [-0.1, -0.05) is 29.3 Å². The molecule has 18 heavy (non-hydrogen) atoms. The molecule has 1 atom stereocenters. The number of nitrogens with one attached hydrogen (secondary N) is 1. The molecular weight excluding hydrogens is 402 g/mol. The zero-order valence-electron chi connectivity index (χ0n) is 10.4. The molecule has 0 saturated carbocycles. The zero-order valence-corrected chi connectivity index (χ0v) is 15.2. The van der Waals surface area contributed by atoms with Crippen molar-refractivity contribution in [3.63, 3.8) is 0 Å². The molecule has 0 aliphatic heterocycles. The lowest BCUT2D eigenvalue weighted by molar-refractivity contribution is 0.483. The monoisotopic (exact) mass is 417 g/mol. The molecule has 7 heteroatoms. The van der Waals surface area contributed by atoms with Crippen molar-refractivity contribution in [2.75, 3.05) is 11.9 Å². The lowest BCUT2D eigenvalue weighted by Gasteiger charge is -2.14. The van der Waals surface area contributed by atoms with E-state index in [0.29, 0.717) is 17.4 Å². The van der Waals surface area contributed by atoms with E-state index in [4.69, 9.17) is 0 Å². The number of rotatable bonds is 7. The number of hydrogen-bond acceptors (Lipinski definition) is 3. The molecule has 0 spiro atoms. The van der Waals surface area contributed by atoms with Crippen LogP contribution in [0.4, 0.5) is 0 Å². The SMILES string of the molecule is CCC(CCBr)CNS(=O)(=O)c1cc(Br)sc1C. The van der Waals surface area contributed by atoms with E-state index in [1.165, 1.54) is 11.3 Å². The smallest absolute Gasteiger partial charge is 0.211 e. The second-order valence-electron chi connectivity index (χ2n) is 4.07. The zero-order chi connectivity index (χ0) is 13.8. The molecule has 1 N–H and O–H groups in total. The van der Waals surface area contributed by atoms with Crippen LogP contribution < -0.4 is 4.72 Å². The van der Waals surface area contributed by atoms with Crippen LogP contribution in [-0.4, -0.2) is 20.3 Å². The number of sulfonamides is 1. The van der Waals surface area contributed by atoms with E-state index < -0.39 is 10.0 Å². The standard InChI is InChI=1S/C11H17Br2NO2S2/c1-3-9(4-5-12)7-14-18(15,16)10-6-11(13)17-8(10)2/h6,9,14H,3-5,7H2,1-2H3. The number of thiophene rings is 1. The average Bonchev–Trinajstić information content (AvgIpc) is 2.64. The molecule has 1 rings (SSSR count). The quantitative estimate of drug-likeness (QED) is 0.682. The van der Waals surface area contributed by atoms with Crippen molar-refractivity contribution in [1.29, 1.82) is 0 Å². The maximum atomic E-state index is 12.2. The molecule has 0 aliphatic rings. The van der Waals surface area contributed by atoms with E-state index >= 15 is 0 Å². The van der Waals surface area contributed by atoms with Gasteiger partial charge in [-0.3, -0.25) is 0 Å². The number of hydrogen-bond donors (Lipinski definition) is 1. The number of aryl methyl sites for hydroxylation is 1. The number of alkyl halides is 1. The van der Waals surface area contributed by atoms with Gasteiger partial charge < -0.3 is 0 Å². The second-order valence-corrected chi connectivity index (χ2v) is 9.24. The molecule has 0 amide bonds. The predicted molar refractivity (Wildman–Crippen MR) is 84.1 cm³/mol. The molecule has 1 aromatic heterocycles. The van der Waals surface area contributed by atoms with Gasteiger partial charge in [0.25, 0.3) is 0 Å². The molecule has 0 aliphatic carbocycles. The highest BCUT2D eigenvalue weighted by molar-refractivity contribution is 9.11. The summed E-state index contributed by atoms with van der Waals surface area (Å²) in [7, 11) is -3.38. The Bertz CT molecular complexity index is 485. The third kappa shape index (κ3) is 4.59. The molecule has 1 heterocycles. The van der Waals surface area contributed by atoms with Gasteiger partial charge in [-0.25, -0.2) is 13.1 Å². The van der Waals surface area contributed by atoms with Crippen LogP contribution in [0.25, 0.3) is 0 Å². The van der Waals surface area contributed by atoms with Gasteiger partial charge in [-0.2, -0.15) is 0 Å². The van der Waals surface area contributed by atoms with Gasteiger partial charge in [0.05, 0.1) is 8.68 Å². The Morgan fingerprint density at radius 2 is 2.17 bits per heavy atom. The lowest BCUT2D eigenvalue weighted by Crippen LogP contribution is -2.29. The summed E-state index contributed by atoms with van der Waals surface area (Å²) in [5, 5.41) is 0.899. The van der Waals surface area contributed by atoms with Crippen molar-refractivity contribution in [1.82, 2.24) is 4.72 Å². The van der Waals surface area contributed by atoms with E-state index in [2.05, 4.69) is 43.5 Å². The predicted octanol–water partition coefficient (Wildman–Crippen LogP) is 3.91. The van der Waals surface area contributed by atoms with E-state index in [1.807, 2.05) is 6.92 Å². The van der Waals surface area contributed by atoms with Gasteiger partial charge in [-0.05, 0) is 41.3 Å². The van der Waals surface area contributed by atoms with E-state index in [-0.39, 0.29) is 0 Å². The molecule has 0 radical (unpaired) electrons. The summed E-state index contributed by atoms with van der Waals surface area (Å²) in [5.41, 5.74) is 0. The Hall–Kier alpha value is 0.570. The molecule has 1 unspecified atom stereocenters. The van der Waals surface area contributed by atoms with Gasteiger partial charge >= 0.3 is 0 Å². The van der Waals surface area contributed by atoms with Gasteiger partial charge in [0, 0.05) is 16.8 Å². The third-order valence-electron chi connectivity index (χ3n) is 2.79. The maximum Gasteiger partial charge on any atom is 0.241 e. The minimum atomic E-state index is -3.38. The van der Waals surface area contributed by atoms with Gasteiger partial charge in [0.2, 0.25) is 10.0 Å². The van der Waals surface area contributed by atoms with E-state index in [0.717, 1.165) is 26.8 Å². The normalized spacial score (nSPS) is 13.8. The second kappa shape index (κ2) is 7.38. The summed E-state index contributed by atoms with van der Waals surface area (Å²) < 4.78 is 27.9. The van der Waals surface area contributed by atoms with Gasteiger partial charge in [0.1, 0.15) is 0 Å². The Balaban J connectivity index is 2.74. The summed E-state index contributed by atoms with van der Waals surface area (Å²) in [4.78, 5) is 1.19. The van der Waals surface area contributed by atoms with Crippen LogP contribution in [0.3, 0.4) is 0 Å². The topological polar surface area (TPSA) is 46.2 Å². The first-order valence-electron chi connectivity index (χ1n) is 5.72. The number of halogens is 2. The molecule has 104 valence electrons. The minimum absolute atomic E-state index is 0.376. The molecule has 0 aromatic carbocycles. The fourth-order valence-corrected chi connectivity index (χ4v) is 5.78. The molecule has 1 aromatic rings. The van der Waals surface area contributed by atoms with E-state index in [9.17, 15) is 8.42 Å². The summed E-state index contributed by atoms with van der Waals surface area (Å²) in [6, 6.07) is 1.66. The first kappa shape index (κ1) is 16.6. The first-order valence-corrected chi connectivity index (χ1v) is 9.93. The van der Waals surface area contributed by atoms with Crippen molar-refractivity contribution < 1.29 is 8.42 Å². The fraction of sp³-hybridized carbons (Fsp3) is 0.636. The van der Waals surface area contributed by atoms with Crippen molar-refractivity contribution in [2.45, 2.75) is 31.6 Å². The molecule has 0 saturated heterocycles. The van der Waals surface area contributed by atoms with Crippen LogP contribution in [0, 0.1) is 12.8 Å². The van der Waals surface area contributed by atoms with Gasteiger partial charge in [0.15, 0.2) is 0 Å². The Labute approximate surface area is 130 Å². The van der Waals surface area contributed by atoms with Crippen LogP contribution in [-0.2, 0) is 10.0 Å². The summed E-state index contributed by atoms with van der Waals surface area (Å²) in [5.74, 6) is 0.376. The Kier molecular flexibility index (Phi) is 6.81. The van der Waals surface area contributed by atoms with Crippen LogP contribution in [0.1, 0.15) is 24.6 Å². The van der Waals surface area contributed by atoms with Crippen molar-refractivity contribution in [3.8, 4) is 0 Å². The van der Waals surface area contributed by atoms with Crippen LogP contribution in [0.5, 0.6) is 0 Å². The van der Waals surface area contributed by atoms with E-state index in [1.54, 1.807) is 6.07 Å². The maximum absolute atomic E-state index is 12.2. The molecule has 3 nitrogen and oxygen atoms in total. The van der Waals surface area contributed by atoms with Crippen molar-refractivity contribution in [3.05, 3.63) is 14.7 Å². The van der Waals surface area contributed by atoms with Crippen molar-refractivity contribution in [2.24, 2.45) is 5.92 Å².